The minimum absolute atomic E-state index is 0.126. The van der Waals surface area contributed by atoms with Crippen LogP contribution < -0.4 is 9.47 Å². The van der Waals surface area contributed by atoms with Gasteiger partial charge in [0, 0.05) is 0 Å². The lowest BCUT2D eigenvalue weighted by atomic mass is 10.0. The minimum Gasteiger partial charge on any atom is -0.493 e. The van der Waals surface area contributed by atoms with Crippen molar-refractivity contribution in [3.63, 3.8) is 0 Å². The van der Waals surface area contributed by atoms with Gasteiger partial charge in [0.05, 0.1) is 24.5 Å². The Hall–Kier alpha value is -2.31. The van der Waals surface area contributed by atoms with E-state index in [0.29, 0.717) is 13.0 Å². The van der Waals surface area contributed by atoms with Crippen LogP contribution >= 0.6 is 0 Å². The third kappa shape index (κ3) is 15.8. The zero-order chi connectivity index (χ0) is 28.0. The van der Waals surface area contributed by atoms with Crippen molar-refractivity contribution < 1.29 is 22.4 Å². The maximum Gasteiger partial charge on any atom is 0.264 e. The largest absolute Gasteiger partial charge is 0.493 e. The van der Waals surface area contributed by atoms with Crippen molar-refractivity contribution in [1.82, 2.24) is 0 Å². The summed E-state index contributed by atoms with van der Waals surface area (Å²) in [5.41, 5.74) is 2.14. The van der Waals surface area contributed by atoms with E-state index in [2.05, 4.69) is 18.7 Å². The van der Waals surface area contributed by atoms with E-state index in [9.17, 15) is 8.42 Å². The molecule has 0 saturated carbocycles. The van der Waals surface area contributed by atoms with Crippen LogP contribution in [-0.2, 0) is 10.1 Å². The second-order valence-electron chi connectivity index (χ2n) is 10.4. The van der Waals surface area contributed by atoms with Crippen molar-refractivity contribution in [3.8, 4) is 22.6 Å². The summed E-state index contributed by atoms with van der Waals surface area (Å²) in [6.07, 6.45) is 19.7. The van der Waals surface area contributed by atoms with Gasteiger partial charge in [-0.2, -0.15) is 8.42 Å². The molecule has 0 bridgehead atoms. The summed E-state index contributed by atoms with van der Waals surface area (Å²) in [5.74, 6) is 1.63. The molecule has 6 heteroatoms. The fourth-order valence-corrected chi connectivity index (χ4v) is 5.30. The molecule has 0 fully saturated rings. The second-order valence-corrected chi connectivity index (χ2v) is 11.9. The number of hydrogen-bond acceptors (Lipinski definition) is 4. The highest BCUT2D eigenvalue weighted by molar-refractivity contribution is 7.85. The van der Waals surface area contributed by atoms with E-state index in [1.807, 2.05) is 42.5 Å². The van der Waals surface area contributed by atoms with Crippen molar-refractivity contribution in [2.45, 2.75) is 103 Å². The van der Waals surface area contributed by atoms with E-state index in [-0.39, 0.29) is 5.75 Å². The van der Waals surface area contributed by atoms with E-state index < -0.39 is 10.1 Å². The van der Waals surface area contributed by atoms with Gasteiger partial charge in [-0.15, -0.1) is 6.58 Å². The first kappa shape index (κ1) is 32.9. The van der Waals surface area contributed by atoms with Crippen LogP contribution in [0, 0.1) is 0 Å². The van der Waals surface area contributed by atoms with Crippen molar-refractivity contribution in [2.24, 2.45) is 0 Å². The molecule has 0 saturated heterocycles. The highest BCUT2D eigenvalue weighted by atomic mass is 32.2. The van der Waals surface area contributed by atoms with Crippen LogP contribution in [0.4, 0.5) is 0 Å². The van der Waals surface area contributed by atoms with E-state index in [1.54, 1.807) is 0 Å². The van der Waals surface area contributed by atoms with Crippen molar-refractivity contribution in [3.05, 3.63) is 61.2 Å². The van der Waals surface area contributed by atoms with Gasteiger partial charge in [0.1, 0.15) is 11.5 Å². The lowest BCUT2D eigenvalue weighted by Crippen LogP contribution is -2.03. The van der Waals surface area contributed by atoms with E-state index in [0.717, 1.165) is 87.0 Å². The van der Waals surface area contributed by atoms with Crippen LogP contribution in [0.2, 0.25) is 0 Å². The third-order valence-corrected chi connectivity index (χ3v) is 7.72. The van der Waals surface area contributed by atoms with Gasteiger partial charge in [0.25, 0.3) is 10.1 Å². The maximum absolute atomic E-state index is 10.7. The Morgan fingerprint density at radius 1 is 0.615 bits per heavy atom. The van der Waals surface area contributed by atoms with E-state index >= 15 is 0 Å². The second kappa shape index (κ2) is 20.6. The third-order valence-electron chi connectivity index (χ3n) is 6.91. The molecule has 0 atom stereocenters. The van der Waals surface area contributed by atoms with Crippen LogP contribution in [0.25, 0.3) is 11.1 Å². The number of benzene rings is 2. The molecule has 2 rings (SSSR count). The number of hydrogen-bond donors (Lipinski definition) is 1. The predicted molar refractivity (Wildman–Crippen MR) is 163 cm³/mol. The molecule has 0 aromatic heterocycles. The molecule has 5 nitrogen and oxygen atoms in total. The van der Waals surface area contributed by atoms with Gasteiger partial charge < -0.3 is 9.47 Å². The molecule has 0 spiro atoms. The molecule has 0 heterocycles. The van der Waals surface area contributed by atoms with Gasteiger partial charge in [0.15, 0.2) is 0 Å². The molecule has 0 unspecified atom stereocenters. The first-order valence-electron chi connectivity index (χ1n) is 15.0. The quantitative estimate of drug-likeness (QED) is 0.0789. The Kier molecular flexibility index (Phi) is 17.4. The molecule has 0 aliphatic rings. The van der Waals surface area contributed by atoms with Gasteiger partial charge in [-0.1, -0.05) is 113 Å². The maximum atomic E-state index is 10.7. The van der Waals surface area contributed by atoms with Gasteiger partial charge in [0.2, 0.25) is 0 Å². The first-order valence-corrected chi connectivity index (χ1v) is 16.6. The Morgan fingerprint density at radius 3 is 1.56 bits per heavy atom. The Morgan fingerprint density at radius 2 is 1.08 bits per heavy atom. The molecule has 0 aliphatic carbocycles. The fourth-order valence-electron chi connectivity index (χ4n) is 4.73. The summed E-state index contributed by atoms with van der Waals surface area (Å²) in [4.78, 5) is 0. The fraction of sp³-hybridized carbons (Fsp3) is 0.576. The van der Waals surface area contributed by atoms with Crippen LogP contribution in [0.15, 0.2) is 61.2 Å². The Bertz CT molecular complexity index is 1000. The summed E-state index contributed by atoms with van der Waals surface area (Å²) in [7, 11) is -3.82. The molecule has 2 aromatic rings. The standard InChI is InChI=1S/C33H50O5S/c1-2-3-4-5-6-7-10-13-19-27-37-31-25-22-26-32(33(31)30-23-17-16-18-24-30)38-28-20-14-11-8-9-12-15-21-29-39(34,35)36/h2,16-18,22-26H,1,3-15,19-21,27-29H2,(H,34,35,36). The summed E-state index contributed by atoms with van der Waals surface area (Å²) < 4.78 is 42.8. The van der Waals surface area contributed by atoms with Crippen molar-refractivity contribution >= 4 is 10.1 Å². The molecule has 218 valence electrons. The lowest BCUT2D eigenvalue weighted by Gasteiger charge is -2.17. The molecular formula is C33H50O5S. The topological polar surface area (TPSA) is 72.8 Å². The van der Waals surface area contributed by atoms with E-state index in [1.165, 1.54) is 38.5 Å². The van der Waals surface area contributed by atoms with Gasteiger partial charge in [-0.3, -0.25) is 4.55 Å². The monoisotopic (exact) mass is 558 g/mol. The number of unbranched alkanes of at least 4 members (excludes halogenated alkanes) is 14. The molecule has 2 aromatic carbocycles. The highest BCUT2D eigenvalue weighted by Crippen LogP contribution is 2.38. The normalized spacial score (nSPS) is 11.4. The van der Waals surface area contributed by atoms with Gasteiger partial charge in [-0.25, -0.2) is 0 Å². The van der Waals surface area contributed by atoms with Crippen LogP contribution in [0.3, 0.4) is 0 Å². The smallest absolute Gasteiger partial charge is 0.264 e. The van der Waals surface area contributed by atoms with E-state index in [4.69, 9.17) is 14.0 Å². The number of rotatable bonds is 24. The average molecular weight is 559 g/mol. The number of allylic oxidation sites excluding steroid dienone is 1. The van der Waals surface area contributed by atoms with Crippen molar-refractivity contribution in [2.75, 3.05) is 19.0 Å². The summed E-state index contributed by atoms with van der Waals surface area (Å²) in [6.45, 7) is 5.18. The highest BCUT2D eigenvalue weighted by Gasteiger charge is 2.13. The van der Waals surface area contributed by atoms with Crippen LogP contribution in [-0.4, -0.2) is 31.9 Å². The molecule has 1 N–H and O–H groups in total. The Balaban J connectivity index is 1.72. The zero-order valence-electron chi connectivity index (χ0n) is 23.8. The van der Waals surface area contributed by atoms with Gasteiger partial charge in [-0.05, 0) is 49.8 Å². The summed E-state index contributed by atoms with van der Waals surface area (Å²) in [5, 5.41) is 0. The van der Waals surface area contributed by atoms with Crippen LogP contribution in [0.5, 0.6) is 11.5 Å². The van der Waals surface area contributed by atoms with Crippen molar-refractivity contribution in [1.29, 1.82) is 0 Å². The predicted octanol–water partition coefficient (Wildman–Crippen LogP) is 9.43. The number of ether oxygens (including phenoxy) is 2. The Labute approximate surface area is 237 Å². The molecular weight excluding hydrogens is 508 g/mol. The minimum atomic E-state index is -3.82. The molecule has 0 radical (unpaired) electrons. The summed E-state index contributed by atoms with van der Waals surface area (Å²) in [6, 6.07) is 16.4. The van der Waals surface area contributed by atoms with Crippen LogP contribution in [0.1, 0.15) is 103 Å². The zero-order valence-corrected chi connectivity index (χ0v) is 24.6. The molecule has 39 heavy (non-hydrogen) atoms. The summed E-state index contributed by atoms with van der Waals surface area (Å²) >= 11 is 0. The first-order chi connectivity index (χ1) is 19.0. The van der Waals surface area contributed by atoms with Gasteiger partial charge >= 0.3 is 0 Å². The molecule has 0 amide bonds. The lowest BCUT2D eigenvalue weighted by molar-refractivity contribution is 0.292. The SMILES string of the molecule is C=CCCCCCCCCCOc1cccc(OCCCCCCCCCCS(=O)(=O)O)c1-c1ccccc1. The average Bonchev–Trinajstić information content (AvgIpc) is 2.92. The molecule has 0 aliphatic heterocycles.